The Bertz CT molecular complexity index is 278. The summed E-state index contributed by atoms with van der Waals surface area (Å²) in [6, 6.07) is -0.290. The van der Waals surface area contributed by atoms with Crippen molar-refractivity contribution >= 4 is 5.97 Å². The summed E-state index contributed by atoms with van der Waals surface area (Å²) in [5.74, 6) is -0.529. The van der Waals surface area contributed by atoms with Crippen LogP contribution in [0.5, 0.6) is 0 Å². The fourth-order valence-electron chi connectivity index (χ4n) is 2.73. The summed E-state index contributed by atoms with van der Waals surface area (Å²) in [5.41, 5.74) is 5.33. The van der Waals surface area contributed by atoms with E-state index in [1.165, 1.54) is 0 Å². The second-order valence-corrected chi connectivity index (χ2v) is 5.14. The first-order valence-corrected chi connectivity index (χ1v) is 5.81. The topological polar surface area (TPSA) is 75.8 Å². The van der Waals surface area contributed by atoms with Crippen LogP contribution in [0.2, 0.25) is 0 Å². The van der Waals surface area contributed by atoms with Crippen molar-refractivity contribution in [1.29, 1.82) is 0 Å². The van der Waals surface area contributed by atoms with Crippen molar-refractivity contribution in [2.24, 2.45) is 17.1 Å². The lowest BCUT2D eigenvalue weighted by atomic mass is 9.71. The molecule has 0 aromatic rings. The van der Waals surface area contributed by atoms with Crippen LogP contribution in [0.1, 0.15) is 12.8 Å². The smallest absolute Gasteiger partial charge is 0.315 e. The van der Waals surface area contributed by atoms with Crippen LogP contribution in [0, 0.1) is 11.3 Å². The molecule has 16 heavy (non-hydrogen) atoms. The molecule has 2 atom stereocenters. The van der Waals surface area contributed by atoms with E-state index >= 15 is 0 Å². The second-order valence-electron chi connectivity index (χ2n) is 5.14. The molecule has 5 heteroatoms. The molecule has 2 unspecified atom stereocenters. The molecule has 0 amide bonds. The van der Waals surface area contributed by atoms with Crippen molar-refractivity contribution in [2.45, 2.75) is 18.9 Å². The molecule has 2 rings (SSSR count). The summed E-state index contributed by atoms with van der Waals surface area (Å²) in [4.78, 5) is 13.5. The molecule has 0 saturated carbocycles. The lowest BCUT2D eigenvalue weighted by molar-refractivity contribution is -0.188. The van der Waals surface area contributed by atoms with Crippen molar-refractivity contribution in [3.05, 3.63) is 0 Å². The van der Waals surface area contributed by atoms with Gasteiger partial charge in [0.15, 0.2) is 0 Å². The first-order chi connectivity index (χ1) is 7.56. The van der Waals surface area contributed by atoms with E-state index in [1.807, 2.05) is 0 Å². The number of rotatable bonds is 3. The minimum absolute atomic E-state index is 0.268. The molecule has 2 saturated heterocycles. The Balaban J connectivity index is 2.05. The lowest BCUT2D eigenvalue weighted by Crippen LogP contribution is -2.64. The molecule has 2 heterocycles. The molecule has 0 aliphatic carbocycles. The summed E-state index contributed by atoms with van der Waals surface area (Å²) in [6.45, 7) is 2.52. The third kappa shape index (κ3) is 1.83. The molecule has 2 aliphatic rings. The van der Waals surface area contributed by atoms with Crippen LogP contribution in [0.25, 0.3) is 0 Å². The largest absolute Gasteiger partial charge is 0.481 e. The van der Waals surface area contributed by atoms with Gasteiger partial charge in [0.2, 0.25) is 0 Å². The van der Waals surface area contributed by atoms with Crippen molar-refractivity contribution in [2.75, 3.05) is 33.4 Å². The van der Waals surface area contributed by atoms with Gasteiger partial charge in [-0.25, -0.2) is 0 Å². The number of aliphatic carboxylic acids is 1. The number of likely N-dealkylation sites (tertiary alicyclic amines) is 1. The van der Waals surface area contributed by atoms with Gasteiger partial charge in [0.1, 0.15) is 5.41 Å². The van der Waals surface area contributed by atoms with E-state index < -0.39 is 11.4 Å². The molecular weight excluding hydrogens is 208 g/mol. The fourth-order valence-corrected chi connectivity index (χ4v) is 2.73. The van der Waals surface area contributed by atoms with Gasteiger partial charge in [-0.2, -0.15) is 0 Å². The highest BCUT2D eigenvalue weighted by molar-refractivity contribution is 5.77. The lowest BCUT2D eigenvalue weighted by Gasteiger charge is -2.46. The first kappa shape index (κ1) is 11.8. The third-order valence-corrected chi connectivity index (χ3v) is 3.95. The van der Waals surface area contributed by atoms with Gasteiger partial charge in [0.25, 0.3) is 0 Å². The highest BCUT2D eigenvalue weighted by atomic mass is 16.5. The number of carbonyl (C=O) groups is 1. The highest BCUT2D eigenvalue weighted by Gasteiger charge is 2.53. The number of carboxylic acids is 1. The molecule has 0 bridgehead atoms. The van der Waals surface area contributed by atoms with Gasteiger partial charge >= 0.3 is 5.97 Å². The Labute approximate surface area is 95.5 Å². The number of hydrogen-bond acceptors (Lipinski definition) is 4. The summed E-state index contributed by atoms with van der Waals surface area (Å²) in [5, 5.41) is 9.28. The van der Waals surface area contributed by atoms with Crippen molar-refractivity contribution in [1.82, 2.24) is 4.90 Å². The van der Waals surface area contributed by atoms with E-state index in [0.717, 1.165) is 25.9 Å². The molecule has 2 fully saturated rings. The number of nitrogens with zero attached hydrogens (tertiary/aromatic N) is 1. The average molecular weight is 228 g/mol. The normalized spacial score (nSPS) is 31.8. The van der Waals surface area contributed by atoms with Gasteiger partial charge in [-0.3, -0.25) is 4.79 Å². The number of hydrogen-bond donors (Lipinski definition) is 2. The van der Waals surface area contributed by atoms with Crippen molar-refractivity contribution < 1.29 is 14.6 Å². The first-order valence-electron chi connectivity index (χ1n) is 5.81. The standard InChI is InChI=1S/C11H20N2O3/c1-13-4-2-3-8(5-13)9(12)11(10(14)15)6-16-7-11/h8-9H,2-7,12H2,1H3,(H,14,15). The highest BCUT2D eigenvalue weighted by Crippen LogP contribution is 2.36. The van der Waals surface area contributed by atoms with E-state index in [4.69, 9.17) is 10.5 Å². The number of carboxylic acid groups (broad SMARTS) is 1. The predicted octanol–water partition coefficient (Wildman–Crippen LogP) is -0.243. The van der Waals surface area contributed by atoms with Crippen LogP contribution in [0.15, 0.2) is 0 Å². The average Bonchev–Trinajstić information content (AvgIpc) is 2.15. The Morgan fingerprint density at radius 3 is 2.75 bits per heavy atom. The maximum Gasteiger partial charge on any atom is 0.315 e. The van der Waals surface area contributed by atoms with Gasteiger partial charge in [-0.1, -0.05) is 0 Å². The third-order valence-electron chi connectivity index (χ3n) is 3.95. The number of piperidine rings is 1. The van der Waals surface area contributed by atoms with Crippen molar-refractivity contribution in [3.8, 4) is 0 Å². The summed E-state index contributed by atoms with van der Waals surface area (Å²) < 4.78 is 5.06. The maximum absolute atomic E-state index is 11.3. The summed E-state index contributed by atoms with van der Waals surface area (Å²) in [7, 11) is 2.06. The molecule has 0 spiro atoms. The van der Waals surface area contributed by atoms with Gasteiger partial charge in [0.05, 0.1) is 13.2 Å². The molecule has 3 N–H and O–H groups in total. The van der Waals surface area contributed by atoms with Crippen LogP contribution in [-0.4, -0.2) is 55.4 Å². The van der Waals surface area contributed by atoms with Crippen LogP contribution < -0.4 is 5.73 Å². The van der Waals surface area contributed by atoms with E-state index in [0.29, 0.717) is 0 Å². The molecule has 0 aromatic heterocycles. The zero-order valence-electron chi connectivity index (χ0n) is 9.69. The Hall–Kier alpha value is -0.650. The zero-order chi connectivity index (χ0) is 11.8. The van der Waals surface area contributed by atoms with E-state index in [1.54, 1.807) is 0 Å². The zero-order valence-corrected chi connectivity index (χ0v) is 9.69. The SMILES string of the molecule is CN1CCCC(C(N)C2(C(=O)O)COC2)C1. The summed E-state index contributed by atoms with van der Waals surface area (Å²) in [6.07, 6.45) is 2.13. The predicted molar refractivity (Wildman–Crippen MR) is 59.1 cm³/mol. The molecular formula is C11H20N2O3. The fraction of sp³-hybridized carbons (Fsp3) is 0.909. The van der Waals surface area contributed by atoms with Crippen molar-refractivity contribution in [3.63, 3.8) is 0 Å². The van der Waals surface area contributed by atoms with E-state index in [2.05, 4.69) is 11.9 Å². The number of nitrogens with two attached hydrogens (primary N) is 1. The van der Waals surface area contributed by atoms with E-state index in [-0.39, 0.29) is 25.2 Å². The Morgan fingerprint density at radius 1 is 1.62 bits per heavy atom. The van der Waals surface area contributed by atoms with Crippen LogP contribution >= 0.6 is 0 Å². The second kappa shape index (κ2) is 4.31. The molecule has 0 aromatic carbocycles. The van der Waals surface area contributed by atoms with Crippen LogP contribution in [0.3, 0.4) is 0 Å². The minimum Gasteiger partial charge on any atom is -0.481 e. The van der Waals surface area contributed by atoms with Gasteiger partial charge in [0, 0.05) is 12.6 Å². The maximum atomic E-state index is 11.3. The van der Waals surface area contributed by atoms with E-state index in [9.17, 15) is 9.90 Å². The summed E-state index contributed by atoms with van der Waals surface area (Å²) >= 11 is 0. The van der Waals surface area contributed by atoms with Gasteiger partial charge in [-0.15, -0.1) is 0 Å². The monoisotopic (exact) mass is 228 g/mol. The van der Waals surface area contributed by atoms with Gasteiger partial charge < -0.3 is 20.5 Å². The number of ether oxygens (including phenoxy) is 1. The quantitative estimate of drug-likeness (QED) is 0.697. The molecule has 2 aliphatic heterocycles. The Kier molecular flexibility index (Phi) is 3.19. The molecule has 92 valence electrons. The van der Waals surface area contributed by atoms with Crippen LogP contribution in [-0.2, 0) is 9.53 Å². The minimum atomic E-state index is -0.831. The van der Waals surface area contributed by atoms with Gasteiger partial charge in [-0.05, 0) is 32.4 Å². The Morgan fingerprint density at radius 2 is 2.31 bits per heavy atom. The molecule has 5 nitrogen and oxygen atoms in total. The molecule has 0 radical (unpaired) electrons. The van der Waals surface area contributed by atoms with Crippen LogP contribution in [0.4, 0.5) is 0 Å².